The largest absolute Gasteiger partial charge is 0.464 e. The Morgan fingerprint density at radius 1 is 0.974 bits per heavy atom. The van der Waals surface area contributed by atoms with Crippen LogP contribution in [-0.4, -0.2) is 59.3 Å². The molecule has 38 heavy (non-hydrogen) atoms. The Morgan fingerprint density at radius 2 is 1.55 bits per heavy atom. The van der Waals surface area contributed by atoms with Crippen LogP contribution in [0.25, 0.3) is 0 Å². The molecule has 1 aliphatic carbocycles. The van der Waals surface area contributed by atoms with E-state index in [9.17, 15) is 4.79 Å². The standard InChI is InChI=1S/C29H47NO6Si2/c1-27(2,3)37(8,9)35-23-17-18-24-29(19-22(30-34-24)26(31)32-7,33-20-21-15-13-12-14-16-21)25(23)36-38(10,11)28(4,5)6/h12-18,23-25H,19-20H2,1-11H3/t23-,24+,25+,29-/m1/s1. The summed E-state index contributed by atoms with van der Waals surface area (Å²) in [6, 6.07) is 10.00. The fourth-order valence-corrected chi connectivity index (χ4v) is 6.73. The van der Waals surface area contributed by atoms with E-state index in [0.29, 0.717) is 6.61 Å². The van der Waals surface area contributed by atoms with Gasteiger partial charge in [0.25, 0.3) is 0 Å². The molecule has 212 valence electrons. The second kappa shape index (κ2) is 11.0. The van der Waals surface area contributed by atoms with Gasteiger partial charge >= 0.3 is 5.97 Å². The van der Waals surface area contributed by atoms with Crippen LogP contribution in [0.3, 0.4) is 0 Å². The van der Waals surface area contributed by atoms with Crippen molar-refractivity contribution in [1.29, 1.82) is 0 Å². The molecule has 0 radical (unpaired) electrons. The molecule has 0 saturated carbocycles. The summed E-state index contributed by atoms with van der Waals surface area (Å²) in [5.41, 5.74) is 0.158. The molecule has 0 N–H and O–H groups in total. The highest BCUT2D eigenvalue weighted by Gasteiger charge is 2.60. The highest BCUT2D eigenvalue weighted by Crippen LogP contribution is 2.47. The lowest BCUT2D eigenvalue weighted by molar-refractivity contribution is -0.209. The van der Waals surface area contributed by atoms with Crippen molar-refractivity contribution in [2.45, 2.75) is 115 Å². The van der Waals surface area contributed by atoms with Gasteiger partial charge in [0.1, 0.15) is 11.7 Å². The monoisotopic (exact) mass is 561 g/mol. The molecule has 0 fully saturated rings. The molecule has 1 aromatic rings. The molecule has 0 bridgehead atoms. The predicted octanol–water partition coefficient (Wildman–Crippen LogP) is 6.61. The number of esters is 1. The zero-order chi connectivity index (χ0) is 28.6. The molecule has 0 aromatic heterocycles. The number of oxime groups is 1. The van der Waals surface area contributed by atoms with E-state index in [1.54, 1.807) is 0 Å². The number of methoxy groups -OCH3 is 1. The number of nitrogens with zero attached hydrogens (tertiary/aromatic N) is 1. The van der Waals surface area contributed by atoms with Crippen molar-refractivity contribution >= 4 is 28.3 Å². The highest BCUT2D eigenvalue weighted by atomic mass is 28.4. The van der Waals surface area contributed by atoms with Gasteiger partial charge in [-0.3, -0.25) is 0 Å². The molecule has 1 aliphatic heterocycles. The van der Waals surface area contributed by atoms with Gasteiger partial charge in [-0.15, -0.1) is 0 Å². The van der Waals surface area contributed by atoms with Crippen LogP contribution in [0.4, 0.5) is 0 Å². The summed E-state index contributed by atoms with van der Waals surface area (Å²) in [6.45, 7) is 22.6. The third-order valence-electron chi connectivity index (χ3n) is 8.69. The van der Waals surface area contributed by atoms with Crippen LogP contribution in [0.1, 0.15) is 53.5 Å². The van der Waals surface area contributed by atoms with E-state index in [0.717, 1.165) is 5.56 Å². The first kappa shape index (κ1) is 30.8. The molecule has 2 aliphatic rings. The van der Waals surface area contributed by atoms with Gasteiger partial charge in [-0.05, 0) is 47.9 Å². The Balaban J connectivity index is 2.15. The first-order valence-corrected chi connectivity index (χ1v) is 19.3. The summed E-state index contributed by atoms with van der Waals surface area (Å²) >= 11 is 0. The average molecular weight is 562 g/mol. The lowest BCUT2D eigenvalue weighted by Crippen LogP contribution is -2.67. The number of benzene rings is 1. The number of fused-ring (bicyclic) bond motifs is 1. The maximum Gasteiger partial charge on any atom is 0.355 e. The molecular weight excluding hydrogens is 514 g/mol. The lowest BCUT2D eigenvalue weighted by atomic mass is 9.77. The van der Waals surface area contributed by atoms with Gasteiger partial charge in [-0.25, -0.2) is 4.79 Å². The van der Waals surface area contributed by atoms with E-state index >= 15 is 0 Å². The van der Waals surface area contributed by atoms with Gasteiger partial charge in [-0.1, -0.05) is 83.1 Å². The molecular formula is C29H47NO6Si2. The Hall–Kier alpha value is -1.79. The van der Waals surface area contributed by atoms with Gasteiger partial charge in [-0.2, -0.15) is 0 Å². The molecule has 0 spiro atoms. The fourth-order valence-electron chi connectivity index (χ4n) is 4.17. The van der Waals surface area contributed by atoms with Crippen LogP contribution in [0.2, 0.25) is 36.3 Å². The number of hydrogen-bond donors (Lipinski definition) is 0. The van der Waals surface area contributed by atoms with Crippen molar-refractivity contribution in [3.8, 4) is 0 Å². The van der Waals surface area contributed by atoms with Crippen molar-refractivity contribution < 1.29 is 28.0 Å². The third kappa shape index (κ3) is 6.33. The van der Waals surface area contributed by atoms with Crippen LogP contribution < -0.4 is 0 Å². The van der Waals surface area contributed by atoms with Crippen molar-refractivity contribution in [2.75, 3.05) is 7.11 Å². The smallest absolute Gasteiger partial charge is 0.355 e. The van der Waals surface area contributed by atoms with Crippen molar-refractivity contribution in [2.24, 2.45) is 5.16 Å². The van der Waals surface area contributed by atoms with Crippen LogP contribution in [0.15, 0.2) is 47.6 Å². The van der Waals surface area contributed by atoms with Gasteiger partial charge in [0, 0.05) is 6.42 Å². The van der Waals surface area contributed by atoms with Crippen molar-refractivity contribution in [3.63, 3.8) is 0 Å². The number of carbonyl (C=O) groups is 1. The maximum absolute atomic E-state index is 12.7. The SMILES string of the molecule is COC(=O)C1=NO[C@H]2C=C[C@@H](O[Si](C)(C)C(C)(C)C)[C@H](O[Si](C)(C)C(C)(C)C)[C@@]2(OCc2ccccc2)C1. The van der Waals surface area contributed by atoms with Crippen LogP contribution >= 0.6 is 0 Å². The van der Waals surface area contributed by atoms with Gasteiger partial charge < -0.3 is 23.2 Å². The number of ether oxygens (including phenoxy) is 2. The van der Waals surface area contributed by atoms with E-state index in [1.807, 2.05) is 42.5 Å². The zero-order valence-corrected chi connectivity index (χ0v) is 27.1. The quantitative estimate of drug-likeness (QED) is 0.202. The van der Waals surface area contributed by atoms with E-state index < -0.39 is 40.4 Å². The molecule has 0 unspecified atom stereocenters. The minimum atomic E-state index is -2.33. The van der Waals surface area contributed by atoms with Gasteiger partial charge in [0.15, 0.2) is 28.5 Å². The Morgan fingerprint density at radius 3 is 2.11 bits per heavy atom. The van der Waals surface area contributed by atoms with Crippen molar-refractivity contribution in [3.05, 3.63) is 48.0 Å². The third-order valence-corrected chi connectivity index (χ3v) is 17.6. The van der Waals surface area contributed by atoms with Gasteiger partial charge in [0.05, 0.1) is 19.8 Å². The summed E-state index contributed by atoms with van der Waals surface area (Å²) in [5.74, 6) is -0.534. The van der Waals surface area contributed by atoms with Crippen LogP contribution in [0.5, 0.6) is 0 Å². The predicted molar refractivity (Wildman–Crippen MR) is 156 cm³/mol. The topological polar surface area (TPSA) is 75.6 Å². The first-order chi connectivity index (χ1) is 17.4. The van der Waals surface area contributed by atoms with Crippen LogP contribution in [0, 0.1) is 0 Å². The zero-order valence-electron chi connectivity index (χ0n) is 25.1. The highest BCUT2D eigenvalue weighted by molar-refractivity contribution is 6.74. The summed E-state index contributed by atoms with van der Waals surface area (Å²) in [7, 11) is -3.20. The lowest BCUT2D eigenvalue weighted by Gasteiger charge is -2.54. The van der Waals surface area contributed by atoms with E-state index in [-0.39, 0.29) is 28.3 Å². The van der Waals surface area contributed by atoms with Crippen LogP contribution in [-0.2, 0) is 34.6 Å². The van der Waals surface area contributed by atoms with E-state index in [1.165, 1.54) is 7.11 Å². The normalized spacial score (nSPS) is 26.3. The summed E-state index contributed by atoms with van der Waals surface area (Å²) < 4.78 is 26.1. The number of carbonyl (C=O) groups excluding carboxylic acids is 1. The number of rotatable bonds is 8. The average Bonchev–Trinajstić information content (AvgIpc) is 2.82. The molecule has 9 heteroatoms. The Labute approximate surface area is 231 Å². The second-order valence-electron chi connectivity index (χ2n) is 13.5. The van der Waals surface area contributed by atoms with Crippen molar-refractivity contribution in [1.82, 2.24) is 0 Å². The molecule has 3 rings (SSSR count). The minimum absolute atomic E-state index is 0.00102. The molecule has 0 amide bonds. The Bertz CT molecular complexity index is 1040. The minimum Gasteiger partial charge on any atom is -0.464 e. The fraction of sp³-hybridized carbons (Fsp3) is 0.655. The summed E-state index contributed by atoms with van der Waals surface area (Å²) in [6.07, 6.45) is 2.76. The maximum atomic E-state index is 12.7. The second-order valence-corrected chi connectivity index (χ2v) is 23.0. The molecule has 4 atom stereocenters. The number of hydrogen-bond acceptors (Lipinski definition) is 7. The molecule has 1 heterocycles. The molecule has 7 nitrogen and oxygen atoms in total. The molecule has 1 aromatic carbocycles. The first-order valence-electron chi connectivity index (χ1n) is 13.5. The van der Waals surface area contributed by atoms with E-state index in [2.05, 4.69) is 72.9 Å². The van der Waals surface area contributed by atoms with E-state index in [4.69, 9.17) is 23.2 Å². The van der Waals surface area contributed by atoms with Gasteiger partial charge in [0.2, 0.25) is 0 Å². The summed E-state index contributed by atoms with van der Waals surface area (Å²) in [4.78, 5) is 18.6. The summed E-state index contributed by atoms with van der Waals surface area (Å²) in [5, 5.41) is 4.08. The Kier molecular flexibility index (Phi) is 8.90. The molecule has 0 saturated heterocycles.